The summed E-state index contributed by atoms with van der Waals surface area (Å²) in [7, 11) is 2.05. The zero-order chi connectivity index (χ0) is 92.9. The summed E-state index contributed by atoms with van der Waals surface area (Å²) < 4.78 is 40.4. The molecule has 702 valence electrons. The van der Waals surface area contributed by atoms with Gasteiger partial charge in [0, 0.05) is 105 Å². The molecule has 0 radical (unpaired) electrons. The van der Waals surface area contributed by atoms with Crippen LogP contribution < -0.4 is 53.1 Å². The summed E-state index contributed by atoms with van der Waals surface area (Å²) in [5.74, 6) is 7.26. The average Bonchev–Trinajstić information content (AvgIpc) is 1.32. The van der Waals surface area contributed by atoms with Crippen LogP contribution in [0.1, 0.15) is 0 Å². The van der Waals surface area contributed by atoms with Crippen molar-refractivity contribution in [2.75, 3.05) is 36.4 Å². The number of rotatable bonds is 13. The standard InChI is InChI=1S/C31H22N4O2.C30H18N4O.2C28H17N5O.4Pt/c1-33-21-34(26-12-3-2-11-25(26)33)22-16-17-30-28(20-22)35(27-13-4-5-14-29(27)37-30)23-9-8-10-24(19-23)36-31-15-6-7-18-32-31;1-2-12-26-22(8-1)20-32-34(26)24-10-7-9-23(19-24)33-27-13-3-4-14-29(27)35-30-16-15-21(18-28(30)33)25-11-5-6-17-31-25;1-2-10-24-20(7-1)19-30-33(24)23-9-5-8-22(17-23)32-25-11-3-4-12-27(25)34-28-14-13-21(18-26(28)32)31-16-6-15-29-31;1-2-10-24-20(7-1)19-30-33(24)23-13-14-28-26(18-23)32(25-11-3-4-12-27(25)34-28)22-9-5-8-21(17-22)31-16-6-15-29-31;;;;/h2-19,21H,1H3;1-17,20H;2*1-16,19H;;;;/q4*-2;4*+2. The number of benzene rings is 16. The van der Waals surface area contributed by atoms with Gasteiger partial charge in [-0.15, -0.1) is 139 Å². The molecule has 23 nitrogen and oxygen atoms in total. The molecule has 5 aliphatic heterocycles. The summed E-state index contributed by atoms with van der Waals surface area (Å²) in [5.41, 5.74) is 22.7. The Morgan fingerprint density at radius 3 is 1.13 bits per heavy atom. The topological polar surface area (TPSA) is 180 Å². The van der Waals surface area contributed by atoms with Crippen LogP contribution in [0.5, 0.6) is 57.6 Å². The molecule has 27 heteroatoms. The van der Waals surface area contributed by atoms with Gasteiger partial charge in [0.2, 0.25) is 5.88 Å². The van der Waals surface area contributed by atoms with E-state index in [-0.39, 0.29) is 84.3 Å². The Morgan fingerprint density at radius 1 is 0.271 bits per heavy atom. The molecule has 28 rings (SSSR count). The van der Waals surface area contributed by atoms with Crippen LogP contribution in [0.15, 0.2) is 426 Å². The first-order valence-electron chi connectivity index (χ1n) is 45.3. The van der Waals surface area contributed by atoms with Crippen LogP contribution in [0.3, 0.4) is 0 Å². The van der Waals surface area contributed by atoms with Crippen molar-refractivity contribution in [3.05, 3.63) is 475 Å². The van der Waals surface area contributed by atoms with Gasteiger partial charge in [0.1, 0.15) is 28.7 Å². The first kappa shape index (κ1) is 93.5. The molecule has 23 aromatic rings. The number of ether oxygens (including phenoxy) is 5. The smallest absolute Gasteiger partial charge is 0.513 e. The normalized spacial score (nSPS) is 12.2. The van der Waals surface area contributed by atoms with Crippen molar-refractivity contribution in [2.24, 2.45) is 0 Å². The molecule has 0 atom stereocenters. The third kappa shape index (κ3) is 17.9. The number of pyridine rings is 2. The second kappa shape index (κ2) is 40.8. The predicted molar refractivity (Wildman–Crippen MR) is 544 cm³/mol. The van der Waals surface area contributed by atoms with Crippen molar-refractivity contribution in [1.29, 1.82) is 0 Å². The van der Waals surface area contributed by atoms with Gasteiger partial charge in [-0.3, -0.25) is 23.4 Å². The number of para-hydroxylation sites is 13. The molecule has 0 saturated carbocycles. The van der Waals surface area contributed by atoms with E-state index in [2.05, 4.69) is 194 Å². The van der Waals surface area contributed by atoms with Gasteiger partial charge >= 0.3 is 84.3 Å². The number of aromatic nitrogens is 12. The van der Waals surface area contributed by atoms with E-state index in [1.807, 2.05) is 342 Å². The second-order valence-electron chi connectivity index (χ2n) is 33.0. The number of hydrogen-bond donors (Lipinski definition) is 0. The van der Waals surface area contributed by atoms with Crippen LogP contribution in [0.25, 0.3) is 72.4 Å². The van der Waals surface area contributed by atoms with Crippen LogP contribution in [0.2, 0.25) is 0 Å². The molecule has 0 amide bonds. The zero-order valence-corrected chi connectivity index (χ0v) is 84.9. The van der Waals surface area contributed by atoms with Crippen molar-refractivity contribution in [2.45, 2.75) is 0 Å². The number of nitrogens with zero attached hydrogens (tertiary/aromatic N) is 18. The van der Waals surface area contributed by atoms with Crippen LogP contribution >= 0.6 is 0 Å². The first-order chi connectivity index (χ1) is 69.3. The van der Waals surface area contributed by atoms with E-state index in [4.69, 9.17) is 23.7 Å². The van der Waals surface area contributed by atoms with Gasteiger partial charge in [-0.2, -0.15) is 50.4 Å². The fraction of sp³-hybridized carbons (Fsp3) is 0.00855. The first-order valence-corrected chi connectivity index (χ1v) is 45.3. The van der Waals surface area contributed by atoms with Gasteiger partial charge in [-0.05, 0) is 174 Å². The molecule has 16 aromatic carbocycles. The van der Waals surface area contributed by atoms with Crippen molar-refractivity contribution in [1.82, 2.24) is 58.9 Å². The van der Waals surface area contributed by atoms with Crippen LogP contribution in [0.4, 0.5) is 85.3 Å². The summed E-state index contributed by atoms with van der Waals surface area (Å²) in [6.45, 7) is 2.08. The predicted octanol–water partition coefficient (Wildman–Crippen LogP) is 28.0. The molecular weight excluding hydrogens is 2520 g/mol. The average molecular weight is 2590 g/mol. The maximum Gasteiger partial charge on any atom is 2.00 e. The molecule has 0 unspecified atom stereocenters. The summed E-state index contributed by atoms with van der Waals surface area (Å²) in [6.07, 6.45) is 16.4. The molecule has 0 bridgehead atoms. The van der Waals surface area contributed by atoms with Gasteiger partial charge in [-0.1, -0.05) is 157 Å². The fourth-order valence-corrected chi connectivity index (χ4v) is 17.9. The van der Waals surface area contributed by atoms with Crippen molar-refractivity contribution in [3.63, 3.8) is 0 Å². The SMILES string of the molecule is CN1[CH-]N(c2[c-]c3c(cc2)Oc2ccccc2N3c2cccc(Oc3ccccn3)c2)c2ccccc21.[Pt+2].[Pt+2].[Pt+2].[Pt+2].[c-]1c(N2c3[c-]c(-c4ccccn4)ccc3Oc3ccccc32)cccc1-n1ncc2ccccc21.[c-]1c(N2c3[c-]c(-n4cccn4)ccc3Oc3ccccc32)cccc1-n1ncc2ccccc21.[c-]1c(N2c3[c-]c(-n4ncc5ccccc54)ccc3Oc3ccccc32)cccc1-n1cccn1. The molecule has 0 saturated heterocycles. The van der Waals surface area contributed by atoms with E-state index in [0.29, 0.717) is 11.6 Å². The zero-order valence-electron chi connectivity index (χ0n) is 75.8. The van der Waals surface area contributed by atoms with Crippen molar-refractivity contribution >= 4 is 118 Å². The van der Waals surface area contributed by atoms with E-state index in [9.17, 15) is 0 Å². The van der Waals surface area contributed by atoms with Gasteiger partial charge in [0.25, 0.3) is 0 Å². The molecule has 0 aliphatic carbocycles. The molecule has 0 N–H and O–H groups in total. The van der Waals surface area contributed by atoms with Crippen molar-refractivity contribution in [3.8, 4) is 97.3 Å². The van der Waals surface area contributed by atoms with Crippen LogP contribution in [0, 0.1) is 49.1 Å². The monoisotopic (exact) mass is 2590 g/mol. The largest absolute Gasteiger partial charge is 2.00 e. The minimum atomic E-state index is 0. The molecule has 144 heavy (non-hydrogen) atoms. The number of anilines is 15. The van der Waals surface area contributed by atoms with Gasteiger partial charge < -0.3 is 58.1 Å². The Labute approximate surface area is 885 Å². The number of fused-ring (bicyclic) bond motifs is 12. The second-order valence-corrected chi connectivity index (χ2v) is 33.0. The maximum atomic E-state index is 6.31. The summed E-state index contributed by atoms with van der Waals surface area (Å²) in [6, 6.07) is 147. The van der Waals surface area contributed by atoms with Gasteiger partial charge in [-0.25, -0.2) is 4.98 Å². The molecule has 5 aliphatic rings. The van der Waals surface area contributed by atoms with E-state index in [1.165, 1.54) is 0 Å². The van der Waals surface area contributed by atoms with E-state index < -0.39 is 0 Å². The van der Waals surface area contributed by atoms with E-state index >= 15 is 0 Å². The molecule has 12 heterocycles. The third-order valence-corrected chi connectivity index (χ3v) is 24.3. The van der Waals surface area contributed by atoms with Crippen LogP contribution in [-0.2, 0) is 84.3 Å². The Kier molecular flexibility index (Phi) is 26.5. The molecule has 0 fully saturated rings. The maximum absolute atomic E-state index is 6.31. The Bertz CT molecular complexity index is 8570. The van der Waals surface area contributed by atoms with E-state index in [1.54, 1.807) is 34.2 Å². The summed E-state index contributed by atoms with van der Waals surface area (Å²) in [4.78, 5) is 21.6. The minimum Gasteiger partial charge on any atom is -0.513 e. The van der Waals surface area contributed by atoms with E-state index in [0.717, 1.165) is 204 Å². The Balaban J connectivity index is 0.000000112. The fourth-order valence-electron chi connectivity index (χ4n) is 17.9. The quantitative estimate of drug-likeness (QED) is 0.0993. The molecule has 0 spiro atoms. The van der Waals surface area contributed by atoms with Crippen molar-refractivity contribution < 1.29 is 108 Å². The molecular formula is C117H74N18O5Pt4. The Morgan fingerprint density at radius 2 is 0.646 bits per heavy atom. The summed E-state index contributed by atoms with van der Waals surface area (Å²) in [5, 5.41) is 25.8. The van der Waals surface area contributed by atoms with Crippen LogP contribution in [-0.4, -0.2) is 65.9 Å². The Hall–Kier alpha value is -16.8. The third-order valence-electron chi connectivity index (χ3n) is 24.3. The minimum absolute atomic E-state index is 0. The molecule has 7 aromatic heterocycles. The summed E-state index contributed by atoms with van der Waals surface area (Å²) >= 11 is 0. The number of hydrogen-bond acceptors (Lipinski definition) is 18. The van der Waals surface area contributed by atoms with Gasteiger partial charge in [0.05, 0.1) is 63.6 Å². The van der Waals surface area contributed by atoms with Gasteiger partial charge in [0.15, 0.2) is 0 Å².